The second-order valence-electron chi connectivity index (χ2n) is 3.90. The molecule has 70 valence electrons. The molecular weight excluding hydrogens is 152 g/mol. The summed E-state index contributed by atoms with van der Waals surface area (Å²) in [4.78, 5) is 2.50. The summed E-state index contributed by atoms with van der Waals surface area (Å²) in [6, 6.07) is 0.486. The van der Waals surface area contributed by atoms with Crippen molar-refractivity contribution < 1.29 is 4.74 Å². The van der Waals surface area contributed by atoms with E-state index in [2.05, 4.69) is 4.90 Å². The molecule has 1 saturated carbocycles. The SMILES string of the molecule is NCC1COCCN1CC1CC1. The third kappa shape index (κ3) is 1.97. The second-order valence-corrected chi connectivity index (χ2v) is 3.90. The van der Waals surface area contributed by atoms with E-state index in [9.17, 15) is 0 Å². The summed E-state index contributed by atoms with van der Waals surface area (Å²) >= 11 is 0. The van der Waals surface area contributed by atoms with Crippen LogP contribution in [0.3, 0.4) is 0 Å². The predicted octanol–water partition coefficient (Wildman–Crippen LogP) is 0.0559. The van der Waals surface area contributed by atoms with Gasteiger partial charge in [0.15, 0.2) is 0 Å². The predicted molar refractivity (Wildman–Crippen MR) is 48.0 cm³/mol. The lowest BCUT2D eigenvalue weighted by atomic mass is 10.2. The van der Waals surface area contributed by atoms with Crippen molar-refractivity contribution in [1.82, 2.24) is 4.90 Å². The first kappa shape index (κ1) is 8.48. The molecule has 0 radical (unpaired) electrons. The fraction of sp³-hybridized carbons (Fsp3) is 1.00. The van der Waals surface area contributed by atoms with Crippen LogP contribution < -0.4 is 5.73 Å². The van der Waals surface area contributed by atoms with Crippen LogP contribution in [0.5, 0.6) is 0 Å². The van der Waals surface area contributed by atoms with Crippen LogP contribution in [0.25, 0.3) is 0 Å². The normalized spacial score (nSPS) is 32.2. The quantitative estimate of drug-likeness (QED) is 0.650. The molecule has 1 aliphatic carbocycles. The minimum absolute atomic E-state index is 0.486. The van der Waals surface area contributed by atoms with Gasteiger partial charge < -0.3 is 10.5 Å². The highest BCUT2D eigenvalue weighted by Crippen LogP contribution is 2.30. The summed E-state index contributed by atoms with van der Waals surface area (Å²) in [5, 5.41) is 0. The number of hydrogen-bond donors (Lipinski definition) is 1. The van der Waals surface area contributed by atoms with Crippen LogP contribution in [-0.4, -0.2) is 43.8 Å². The molecule has 1 atom stereocenters. The fourth-order valence-electron chi connectivity index (χ4n) is 1.78. The number of rotatable bonds is 3. The van der Waals surface area contributed by atoms with E-state index in [4.69, 9.17) is 10.5 Å². The Morgan fingerprint density at radius 3 is 2.92 bits per heavy atom. The maximum absolute atomic E-state index is 5.67. The van der Waals surface area contributed by atoms with Gasteiger partial charge in [-0.3, -0.25) is 4.90 Å². The maximum atomic E-state index is 5.67. The number of ether oxygens (including phenoxy) is 1. The van der Waals surface area contributed by atoms with Crippen LogP contribution in [0.1, 0.15) is 12.8 Å². The van der Waals surface area contributed by atoms with E-state index in [1.807, 2.05) is 0 Å². The maximum Gasteiger partial charge on any atom is 0.0634 e. The van der Waals surface area contributed by atoms with Crippen molar-refractivity contribution in [1.29, 1.82) is 0 Å². The molecule has 0 spiro atoms. The Kier molecular flexibility index (Phi) is 2.63. The number of nitrogens with two attached hydrogens (primary N) is 1. The third-order valence-electron chi connectivity index (χ3n) is 2.81. The van der Waals surface area contributed by atoms with Crippen molar-refractivity contribution >= 4 is 0 Å². The standard InChI is InChI=1S/C9H18N2O/c10-5-9-7-12-4-3-11(9)6-8-1-2-8/h8-9H,1-7,10H2. The molecule has 0 bridgehead atoms. The highest BCUT2D eigenvalue weighted by molar-refractivity contribution is 4.83. The molecule has 0 aromatic rings. The van der Waals surface area contributed by atoms with Crippen LogP contribution in [-0.2, 0) is 4.74 Å². The van der Waals surface area contributed by atoms with Gasteiger partial charge in [0.2, 0.25) is 0 Å². The number of morpholine rings is 1. The van der Waals surface area contributed by atoms with Gasteiger partial charge >= 0.3 is 0 Å². The summed E-state index contributed by atoms with van der Waals surface area (Å²) in [5.41, 5.74) is 5.67. The number of nitrogens with zero attached hydrogens (tertiary/aromatic N) is 1. The second kappa shape index (κ2) is 3.73. The first-order chi connectivity index (χ1) is 5.90. The van der Waals surface area contributed by atoms with E-state index in [1.165, 1.54) is 19.4 Å². The van der Waals surface area contributed by atoms with Gasteiger partial charge in [0, 0.05) is 25.7 Å². The average molecular weight is 170 g/mol. The summed E-state index contributed by atoms with van der Waals surface area (Å²) in [7, 11) is 0. The fourth-order valence-corrected chi connectivity index (χ4v) is 1.78. The van der Waals surface area contributed by atoms with Crippen LogP contribution in [0.4, 0.5) is 0 Å². The third-order valence-corrected chi connectivity index (χ3v) is 2.81. The van der Waals surface area contributed by atoms with Gasteiger partial charge in [0.05, 0.1) is 13.2 Å². The molecule has 2 fully saturated rings. The smallest absolute Gasteiger partial charge is 0.0634 e. The Hall–Kier alpha value is -0.120. The van der Waals surface area contributed by atoms with E-state index in [0.29, 0.717) is 6.04 Å². The molecule has 2 N–H and O–H groups in total. The Morgan fingerprint density at radius 2 is 2.25 bits per heavy atom. The van der Waals surface area contributed by atoms with Crippen molar-refractivity contribution in [2.75, 3.05) is 32.8 Å². The average Bonchev–Trinajstić information content (AvgIpc) is 2.89. The molecule has 0 amide bonds. The monoisotopic (exact) mass is 170 g/mol. The molecule has 1 saturated heterocycles. The van der Waals surface area contributed by atoms with E-state index < -0.39 is 0 Å². The molecule has 0 aromatic heterocycles. The Balaban J connectivity index is 1.81. The van der Waals surface area contributed by atoms with Crippen LogP contribution in [0.15, 0.2) is 0 Å². The largest absolute Gasteiger partial charge is 0.378 e. The van der Waals surface area contributed by atoms with Gasteiger partial charge in [-0.2, -0.15) is 0 Å². The molecule has 2 rings (SSSR count). The topological polar surface area (TPSA) is 38.5 Å². The summed E-state index contributed by atoms with van der Waals surface area (Å²) in [6.07, 6.45) is 2.85. The first-order valence-electron chi connectivity index (χ1n) is 4.92. The van der Waals surface area contributed by atoms with Gasteiger partial charge in [0.1, 0.15) is 0 Å². The summed E-state index contributed by atoms with van der Waals surface area (Å²) in [5.74, 6) is 0.970. The Labute approximate surface area is 73.9 Å². The molecule has 1 aliphatic heterocycles. The van der Waals surface area contributed by atoms with Gasteiger partial charge in [-0.25, -0.2) is 0 Å². The Bertz CT molecular complexity index is 147. The summed E-state index contributed by atoms with van der Waals surface area (Å²) in [6.45, 7) is 4.81. The highest BCUT2D eigenvalue weighted by Gasteiger charge is 2.29. The van der Waals surface area contributed by atoms with Crippen molar-refractivity contribution in [2.45, 2.75) is 18.9 Å². The lowest BCUT2D eigenvalue weighted by Gasteiger charge is -2.34. The van der Waals surface area contributed by atoms with Gasteiger partial charge in [-0.05, 0) is 18.8 Å². The van der Waals surface area contributed by atoms with Crippen molar-refractivity contribution in [3.05, 3.63) is 0 Å². The molecule has 0 aromatic carbocycles. The van der Waals surface area contributed by atoms with Gasteiger partial charge in [-0.15, -0.1) is 0 Å². The minimum atomic E-state index is 0.486. The number of hydrogen-bond acceptors (Lipinski definition) is 3. The molecule has 3 nitrogen and oxygen atoms in total. The van der Waals surface area contributed by atoms with Gasteiger partial charge in [0.25, 0.3) is 0 Å². The van der Waals surface area contributed by atoms with Crippen LogP contribution in [0.2, 0.25) is 0 Å². The van der Waals surface area contributed by atoms with E-state index >= 15 is 0 Å². The van der Waals surface area contributed by atoms with Gasteiger partial charge in [-0.1, -0.05) is 0 Å². The van der Waals surface area contributed by atoms with E-state index in [-0.39, 0.29) is 0 Å². The van der Waals surface area contributed by atoms with E-state index in [1.54, 1.807) is 0 Å². The summed E-state index contributed by atoms with van der Waals surface area (Å²) < 4.78 is 5.38. The molecule has 12 heavy (non-hydrogen) atoms. The molecule has 1 heterocycles. The minimum Gasteiger partial charge on any atom is -0.378 e. The van der Waals surface area contributed by atoms with Crippen LogP contribution in [0, 0.1) is 5.92 Å². The molecular formula is C9H18N2O. The van der Waals surface area contributed by atoms with E-state index in [0.717, 1.165) is 32.2 Å². The molecule has 2 aliphatic rings. The zero-order chi connectivity index (χ0) is 8.39. The molecule has 1 unspecified atom stereocenters. The zero-order valence-electron chi connectivity index (χ0n) is 7.54. The van der Waals surface area contributed by atoms with Crippen molar-refractivity contribution in [3.63, 3.8) is 0 Å². The lowest BCUT2D eigenvalue weighted by Crippen LogP contribution is -2.49. The zero-order valence-corrected chi connectivity index (χ0v) is 7.54. The first-order valence-corrected chi connectivity index (χ1v) is 4.92. The van der Waals surface area contributed by atoms with Crippen molar-refractivity contribution in [2.24, 2.45) is 11.7 Å². The highest BCUT2D eigenvalue weighted by atomic mass is 16.5. The Morgan fingerprint density at radius 1 is 1.42 bits per heavy atom. The van der Waals surface area contributed by atoms with Crippen molar-refractivity contribution in [3.8, 4) is 0 Å². The molecule has 3 heteroatoms. The van der Waals surface area contributed by atoms with Crippen LogP contribution >= 0.6 is 0 Å². The lowest BCUT2D eigenvalue weighted by molar-refractivity contribution is -0.00584.